The van der Waals surface area contributed by atoms with Gasteiger partial charge in [-0.3, -0.25) is 0 Å². The van der Waals surface area contributed by atoms with Crippen molar-refractivity contribution in [2.75, 3.05) is 32.6 Å². The maximum absolute atomic E-state index is 8.79. The first-order valence-corrected chi connectivity index (χ1v) is 9.55. The van der Waals surface area contributed by atoms with Crippen molar-refractivity contribution in [3.8, 4) is 11.8 Å². The lowest BCUT2D eigenvalue weighted by molar-refractivity contribution is -0.401. The van der Waals surface area contributed by atoms with Crippen molar-refractivity contribution < 1.29 is 9.31 Å². The molecule has 0 aromatic heterocycles. The van der Waals surface area contributed by atoms with Crippen LogP contribution in [0.25, 0.3) is 6.08 Å². The van der Waals surface area contributed by atoms with Crippen LogP contribution in [0.3, 0.4) is 0 Å². The third kappa shape index (κ3) is 3.53. The first kappa shape index (κ1) is 19.7. The molecule has 3 rings (SSSR count). The van der Waals surface area contributed by atoms with E-state index in [0.717, 1.165) is 17.0 Å². The highest BCUT2D eigenvalue weighted by molar-refractivity contribution is 6.05. The molecule has 0 saturated heterocycles. The topological polar surface area (TPSA) is 39.3 Å². The van der Waals surface area contributed by atoms with E-state index in [9.17, 15) is 0 Å². The maximum atomic E-state index is 8.79. The molecule has 0 saturated carbocycles. The first-order chi connectivity index (χ1) is 13.4. The third-order valence-electron chi connectivity index (χ3n) is 5.58. The summed E-state index contributed by atoms with van der Waals surface area (Å²) >= 11 is 0. The molecule has 0 unspecified atom stereocenters. The second-order valence-corrected chi connectivity index (χ2v) is 7.68. The quantitative estimate of drug-likeness (QED) is 0.684. The number of ether oxygens (including phenoxy) is 1. The van der Waals surface area contributed by atoms with E-state index in [1.807, 2.05) is 13.1 Å². The van der Waals surface area contributed by atoms with Gasteiger partial charge in [0.1, 0.15) is 12.8 Å². The summed E-state index contributed by atoms with van der Waals surface area (Å²) in [6.45, 7) is 5.23. The number of hydrogen-bond donors (Lipinski definition) is 0. The number of methoxy groups -OCH3 is 1. The lowest BCUT2D eigenvalue weighted by Crippen LogP contribution is -2.26. The van der Waals surface area contributed by atoms with Crippen molar-refractivity contribution in [3.05, 3.63) is 59.7 Å². The fraction of sp³-hybridized carbons (Fsp3) is 0.333. The van der Waals surface area contributed by atoms with Gasteiger partial charge in [-0.2, -0.15) is 9.84 Å². The van der Waals surface area contributed by atoms with Gasteiger partial charge in [-0.25, -0.2) is 0 Å². The molecular weight excluding hydrogens is 346 g/mol. The molecule has 144 valence electrons. The molecule has 1 aliphatic rings. The number of benzene rings is 2. The maximum Gasteiger partial charge on any atom is 0.209 e. The van der Waals surface area contributed by atoms with Crippen LogP contribution in [0.2, 0.25) is 0 Å². The molecule has 0 N–H and O–H groups in total. The lowest BCUT2D eigenvalue weighted by Gasteiger charge is -2.19. The SMILES string of the molecule is COc1cc(N(C)CCC#N)ccc1C=CC1=[N+](C)c2ccccc2C1(C)C. The largest absolute Gasteiger partial charge is 0.496 e. The van der Waals surface area contributed by atoms with E-state index in [4.69, 9.17) is 10.00 Å². The standard InChI is InChI=1S/C24H28N3O/c1-24(2)20-9-6-7-10-21(20)27(4)23(24)14-12-18-11-13-19(17-22(18)28-5)26(3)16-8-15-25/h6-7,9-14,17H,8,16H2,1-5H3/q+1. The average molecular weight is 375 g/mol. The number of nitrogens with zero attached hydrogens (tertiary/aromatic N) is 3. The van der Waals surface area contributed by atoms with Crippen molar-refractivity contribution in [1.82, 2.24) is 0 Å². The Morgan fingerprint density at radius 3 is 2.61 bits per heavy atom. The second-order valence-electron chi connectivity index (χ2n) is 7.68. The predicted molar refractivity (Wildman–Crippen MR) is 116 cm³/mol. The molecule has 0 radical (unpaired) electrons. The van der Waals surface area contributed by atoms with E-state index in [1.165, 1.54) is 17.0 Å². The molecular formula is C24H28N3O+. The molecule has 0 amide bonds. The van der Waals surface area contributed by atoms with Crippen molar-refractivity contribution in [2.45, 2.75) is 25.7 Å². The van der Waals surface area contributed by atoms with Gasteiger partial charge in [0, 0.05) is 48.6 Å². The summed E-state index contributed by atoms with van der Waals surface area (Å²) in [5.41, 5.74) is 5.89. The van der Waals surface area contributed by atoms with Gasteiger partial charge in [0.2, 0.25) is 5.69 Å². The zero-order chi connectivity index (χ0) is 20.3. The predicted octanol–water partition coefficient (Wildman–Crippen LogP) is 4.76. The van der Waals surface area contributed by atoms with Crippen LogP contribution >= 0.6 is 0 Å². The lowest BCUT2D eigenvalue weighted by atomic mass is 9.81. The molecule has 0 fully saturated rings. The number of nitriles is 1. The van der Waals surface area contributed by atoms with Gasteiger partial charge >= 0.3 is 0 Å². The number of rotatable bonds is 6. The molecule has 0 aliphatic carbocycles. The van der Waals surface area contributed by atoms with Crippen LogP contribution in [-0.2, 0) is 5.41 Å². The highest BCUT2D eigenvalue weighted by Crippen LogP contribution is 2.39. The normalized spacial score (nSPS) is 14.9. The summed E-state index contributed by atoms with van der Waals surface area (Å²) in [5.74, 6) is 0.828. The van der Waals surface area contributed by atoms with Gasteiger partial charge in [0.15, 0.2) is 5.71 Å². The Labute approximate surface area is 168 Å². The molecule has 0 atom stereocenters. The fourth-order valence-corrected chi connectivity index (χ4v) is 3.89. The highest BCUT2D eigenvalue weighted by Gasteiger charge is 2.42. The van der Waals surface area contributed by atoms with Crippen LogP contribution in [0.5, 0.6) is 5.75 Å². The highest BCUT2D eigenvalue weighted by atomic mass is 16.5. The molecule has 2 aromatic rings. The van der Waals surface area contributed by atoms with E-state index in [0.29, 0.717) is 13.0 Å². The Hall–Kier alpha value is -3.06. The van der Waals surface area contributed by atoms with Crippen molar-refractivity contribution in [3.63, 3.8) is 0 Å². The Balaban J connectivity index is 1.91. The van der Waals surface area contributed by atoms with E-state index < -0.39 is 0 Å². The minimum Gasteiger partial charge on any atom is -0.496 e. The van der Waals surface area contributed by atoms with Gasteiger partial charge in [-0.15, -0.1) is 0 Å². The van der Waals surface area contributed by atoms with Crippen molar-refractivity contribution >= 4 is 23.2 Å². The van der Waals surface area contributed by atoms with Crippen LogP contribution in [0.4, 0.5) is 11.4 Å². The van der Waals surface area contributed by atoms with Gasteiger partial charge < -0.3 is 9.64 Å². The summed E-state index contributed by atoms with van der Waals surface area (Å²) < 4.78 is 7.90. The average Bonchev–Trinajstić information content (AvgIpc) is 2.90. The molecule has 4 heteroatoms. The molecule has 0 spiro atoms. The first-order valence-electron chi connectivity index (χ1n) is 9.55. The molecule has 28 heavy (non-hydrogen) atoms. The minimum atomic E-state index is -0.0491. The van der Waals surface area contributed by atoms with Crippen molar-refractivity contribution in [2.24, 2.45) is 0 Å². The molecule has 2 aromatic carbocycles. The molecule has 0 bridgehead atoms. The number of para-hydroxylation sites is 1. The fourth-order valence-electron chi connectivity index (χ4n) is 3.89. The Morgan fingerprint density at radius 2 is 1.93 bits per heavy atom. The van der Waals surface area contributed by atoms with Crippen molar-refractivity contribution in [1.29, 1.82) is 5.26 Å². The van der Waals surface area contributed by atoms with Gasteiger partial charge in [0.05, 0.1) is 25.0 Å². The minimum absolute atomic E-state index is 0.0491. The van der Waals surface area contributed by atoms with E-state index in [2.05, 4.69) is 85.0 Å². The van der Waals surface area contributed by atoms with E-state index in [1.54, 1.807) is 7.11 Å². The van der Waals surface area contributed by atoms with Crippen LogP contribution in [0.15, 0.2) is 48.5 Å². The van der Waals surface area contributed by atoms with Gasteiger partial charge in [-0.1, -0.05) is 18.2 Å². The summed E-state index contributed by atoms with van der Waals surface area (Å²) in [5, 5.41) is 8.79. The van der Waals surface area contributed by atoms with E-state index >= 15 is 0 Å². The van der Waals surface area contributed by atoms with Crippen LogP contribution in [-0.4, -0.2) is 38.0 Å². The smallest absolute Gasteiger partial charge is 0.209 e. The number of allylic oxidation sites excluding steroid dienone is 1. The number of anilines is 1. The van der Waals surface area contributed by atoms with Gasteiger partial charge in [-0.05, 0) is 32.1 Å². The third-order valence-corrected chi connectivity index (χ3v) is 5.58. The monoisotopic (exact) mass is 374 g/mol. The Kier molecular flexibility index (Phi) is 5.56. The zero-order valence-electron chi connectivity index (χ0n) is 17.4. The molecule has 4 nitrogen and oxygen atoms in total. The number of fused-ring (bicyclic) bond motifs is 1. The zero-order valence-corrected chi connectivity index (χ0v) is 17.4. The Bertz CT molecular complexity index is 980. The van der Waals surface area contributed by atoms with Gasteiger partial charge in [0.25, 0.3) is 0 Å². The number of hydrogen-bond acceptors (Lipinski definition) is 3. The Morgan fingerprint density at radius 1 is 1.18 bits per heavy atom. The van der Waals surface area contributed by atoms with Crippen LogP contribution < -0.4 is 9.64 Å². The second kappa shape index (κ2) is 7.90. The summed E-state index contributed by atoms with van der Waals surface area (Å²) in [6, 6.07) is 16.9. The molecule has 1 aliphatic heterocycles. The van der Waals surface area contributed by atoms with E-state index in [-0.39, 0.29) is 5.41 Å². The van der Waals surface area contributed by atoms with Crippen LogP contribution in [0, 0.1) is 11.3 Å². The molecule has 1 heterocycles. The summed E-state index contributed by atoms with van der Waals surface area (Å²) in [6.07, 6.45) is 4.81. The summed E-state index contributed by atoms with van der Waals surface area (Å²) in [7, 11) is 5.81. The summed E-state index contributed by atoms with van der Waals surface area (Å²) in [4.78, 5) is 2.07. The van der Waals surface area contributed by atoms with Crippen LogP contribution in [0.1, 0.15) is 31.4 Å².